The first-order chi connectivity index (χ1) is 14.0. The first-order valence-corrected chi connectivity index (χ1v) is 9.39. The van der Waals surface area contributed by atoms with Gasteiger partial charge >= 0.3 is 7.25 Å². The third-order valence-electron chi connectivity index (χ3n) is 4.79. The Labute approximate surface area is 171 Å². The molecule has 0 amide bonds. The van der Waals surface area contributed by atoms with E-state index in [0.717, 1.165) is 23.2 Å². The molecular formula is C23H21BF4O2. The average molecular weight is 416 g/mol. The number of halogens is 4. The van der Waals surface area contributed by atoms with Crippen LogP contribution in [0, 0.1) is 27.7 Å². The largest absolute Gasteiger partial charge is 0.673 e. The molecule has 0 bridgehead atoms. The van der Waals surface area contributed by atoms with Gasteiger partial charge in [-0.1, -0.05) is 0 Å². The number of aldehydes is 1. The molecule has 2 nitrogen and oxygen atoms in total. The quantitative estimate of drug-likeness (QED) is 0.143. The number of carbonyl (C=O) groups excluding carboxylic acids is 1. The third kappa shape index (κ3) is 4.40. The first kappa shape index (κ1) is 21.6. The molecule has 0 spiro atoms. The number of benzene rings is 3. The number of furan rings is 1. The number of carbonyl (C=O) groups is 1. The van der Waals surface area contributed by atoms with Gasteiger partial charge in [-0.3, -0.25) is 4.79 Å². The molecule has 0 atom stereocenters. The van der Waals surface area contributed by atoms with Crippen molar-refractivity contribution in [1.82, 2.24) is 0 Å². The fourth-order valence-corrected chi connectivity index (χ4v) is 3.87. The van der Waals surface area contributed by atoms with Gasteiger partial charge in [-0.15, -0.1) is 0 Å². The van der Waals surface area contributed by atoms with Gasteiger partial charge in [0.1, 0.15) is 6.29 Å². The van der Waals surface area contributed by atoms with Crippen LogP contribution in [0.5, 0.6) is 0 Å². The summed E-state index contributed by atoms with van der Waals surface area (Å²) in [5.74, 6) is 1.00. The molecule has 4 rings (SSSR count). The van der Waals surface area contributed by atoms with Gasteiger partial charge in [0.15, 0.2) is 0 Å². The van der Waals surface area contributed by atoms with Crippen LogP contribution < -0.4 is 0 Å². The fourth-order valence-electron chi connectivity index (χ4n) is 3.87. The van der Waals surface area contributed by atoms with Gasteiger partial charge < -0.3 is 21.3 Å². The highest BCUT2D eigenvalue weighted by Crippen LogP contribution is 2.42. The number of rotatable bonds is 2. The van der Waals surface area contributed by atoms with Crippen LogP contribution in [0.4, 0.5) is 17.3 Å². The topological polar surface area (TPSA) is 19.8 Å². The number of hydrogen-bond donors (Lipinski definition) is 0. The van der Waals surface area contributed by atoms with Crippen molar-refractivity contribution in [2.24, 2.45) is 0 Å². The molecular weight excluding hydrogens is 395 g/mol. The van der Waals surface area contributed by atoms with E-state index in [1.165, 1.54) is 33.0 Å². The summed E-state index contributed by atoms with van der Waals surface area (Å²) in [5, 5.41) is 2.51. The Kier molecular flexibility index (Phi) is 5.75. The van der Waals surface area contributed by atoms with Crippen molar-refractivity contribution in [3.05, 3.63) is 76.3 Å². The summed E-state index contributed by atoms with van der Waals surface area (Å²) in [4.78, 5) is 11.0. The van der Waals surface area contributed by atoms with E-state index in [2.05, 4.69) is 56.0 Å². The van der Waals surface area contributed by atoms with Crippen LogP contribution in [0.2, 0.25) is 0 Å². The minimum atomic E-state index is -6.00. The van der Waals surface area contributed by atoms with Gasteiger partial charge in [0.25, 0.3) is 16.9 Å². The molecule has 156 valence electrons. The molecule has 4 aromatic rings. The maximum atomic E-state index is 11.0. The molecule has 0 radical (unpaired) electrons. The zero-order chi connectivity index (χ0) is 22.2. The van der Waals surface area contributed by atoms with Crippen LogP contribution in [0.3, 0.4) is 0 Å². The lowest BCUT2D eigenvalue weighted by Crippen LogP contribution is -2.02. The molecule has 0 unspecified atom stereocenters. The predicted octanol–water partition coefficient (Wildman–Crippen LogP) is 7.61. The van der Waals surface area contributed by atoms with Crippen molar-refractivity contribution in [2.75, 3.05) is 0 Å². The predicted molar refractivity (Wildman–Crippen MR) is 114 cm³/mol. The Balaban J connectivity index is 0.000000461. The Morgan fingerprint density at radius 3 is 1.50 bits per heavy atom. The number of fused-ring (bicyclic) bond motifs is 3. The highest BCUT2D eigenvalue weighted by molar-refractivity contribution is 6.50. The fraction of sp³-hybridized carbons (Fsp3) is 0.174. The Morgan fingerprint density at radius 2 is 1.13 bits per heavy atom. The molecule has 0 fully saturated rings. The average Bonchev–Trinajstić information content (AvgIpc) is 2.95. The van der Waals surface area contributed by atoms with Crippen molar-refractivity contribution >= 4 is 35.5 Å². The van der Waals surface area contributed by atoms with Gasteiger partial charge in [-0.2, -0.15) is 0 Å². The smallest absolute Gasteiger partial charge is 0.498 e. The van der Waals surface area contributed by atoms with Crippen LogP contribution in [-0.2, 0) is 0 Å². The molecule has 1 heterocycles. The van der Waals surface area contributed by atoms with Crippen LogP contribution >= 0.6 is 0 Å². The lowest BCUT2D eigenvalue weighted by Gasteiger charge is -2.08. The van der Waals surface area contributed by atoms with E-state index in [1.807, 2.05) is 24.3 Å². The number of hydrogen-bond acceptors (Lipinski definition) is 1. The maximum Gasteiger partial charge on any atom is 0.673 e. The number of aryl methyl sites for hydroxylation is 4. The molecule has 0 N–H and O–H groups in total. The van der Waals surface area contributed by atoms with Crippen LogP contribution in [-0.4, -0.2) is 13.5 Å². The molecule has 30 heavy (non-hydrogen) atoms. The van der Waals surface area contributed by atoms with Crippen LogP contribution in [0.15, 0.2) is 52.6 Å². The van der Waals surface area contributed by atoms with Crippen molar-refractivity contribution in [1.29, 1.82) is 0 Å². The molecule has 3 aromatic carbocycles. The third-order valence-corrected chi connectivity index (χ3v) is 4.79. The van der Waals surface area contributed by atoms with Gasteiger partial charge in [-0.25, -0.2) is 0 Å². The van der Waals surface area contributed by atoms with Crippen molar-refractivity contribution < 1.29 is 26.1 Å². The van der Waals surface area contributed by atoms with E-state index >= 15 is 0 Å². The van der Waals surface area contributed by atoms with E-state index < -0.39 is 7.25 Å². The Hall–Kier alpha value is -3.09. The normalized spacial score (nSPS) is 11.5. The lowest BCUT2D eigenvalue weighted by molar-refractivity contribution is 0.112. The van der Waals surface area contributed by atoms with Crippen molar-refractivity contribution in [3.63, 3.8) is 0 Å². The summed E-state index contributed by atoms with van der Waals surface area (Å²) in [7, 11) is -6.00. The molecule has 1 aromatic heterocycles. The van der Waals surface area contributed by atoms with Gasteiger partial charge in [0.2, 0.25) is 0 Å². The van der Waals surface area contributed by atoms with E-state index in [4.69, 9.17) is 0 Å². The summed E-state index contributed by atoms with van der Waals surface area (Å²) in [6, 6.07) is 16.6. The minimum absolute atomic E-state index is 0.685. The van der Waals surface area contributed by atoms with Crippen molar-refractivity contribution in [3.8, 4) is 5.75 Å². The summed E-state index contributed by atoms with van der Waals surface area (Å²) in [5.41, 5.74) is 7.99. The second-order valence-corrected chi connectivity index (χ2v) is 7.40. The first-order valence-electron chi connectivity index (χ1n) is 9.39. The van der Waals surface area contributed by atoms with Crippen LogP contribution in [0.25, 0.3) is 27.7 Å². The van der Waals surface area contributed by atoms with Gasteiger partial charge in [-0.05, 0) is 75.2 Å². The summed E-state index contributed by atoms with van der Waals surface area (Å²) in [6.07, 6.45) is 0.879. The van der Waals surface area contributed by atoms with Crippen LogP contribution in [0.1, 0.15) is 32.6 Å². The summed E-state index contributed by atoms with van der Waals surface area (Å²) < 4.78 is 42.4. The second kappa shape index (κ2) is 7.97. The van der Waals surface area contributed by atoms with Gasteiger partial charge in [0.05, 0.1) is 10.8 Å². The second-order valence-electron chi connectivity index (χ2n) is 7.40. The van der Waals surface area contributed by atoms with E-state index in [-0.39, 0.29) is 0 Å². The van der Waals surface area contributed by atoms with E-state index in [9.17, 15) is 22.1 Å². The molecule has 0 aliphatic rings. The molecule has 7 heteroatoms. The van der Waals surface area contributed by atoms with E-state index in [1.54, 1.807) is 0 Å². The standard InChI is InChI=1S/C23H21O2.BF4/c1-14-9-16(3)22-20(11-14)21-12-15(2)10-17(4)23(21)25(22)19-7-5-18(13-24)6-8-19;2-1(3,4)5/h5-13H,1-4H3;/q+1;-1. The van der Waals surface area contributed by atoms with Crippen molar-refractivity contribution in [2.45, 2.75) is 27.7 Å². The molecule has 0 aliphatic carbocycles. The molecule has 0 aliphatic heterocycles. The molecule has 0 saturated carbocycles. The zero-order valence-corrected chi connectivity index (χ0v) is 17.1. The summed E-state index contributed by atoms with van der Waals surface area (Å²) >= 11 is 0. The minimum Gasteiger partial charge on any atom is -0.498 e. The monoisotopic (exact) mass is 416 g/mol. The molecule has 0 saturated heterocycles. The Morgan fingerprint density at radius 1 is 0.733 bits per heavy atom. The Bertz CT molecular complexity index is 1170. The maximum absolute atomic E-state index is 11.0. The zero-order valence-electron chi connectivity index (χ0n) is 17.1. The summed E-state index contributed by atoms with van der Waals surface area (Å²) in [6.45, 7) is 8.59. The lowest BCUT2D eigenvalue weighted by atomic mass is 10.0. The van der Waals surface area contributed by atoms with E-state index in [0.29, 0.717) is 5.56 Å². The van der Waals surface area contributed by atoms with Gasteiger partial charge in [0, 0.05) is 28.8 Å². The highest BCUT2D eigenvalue weighted by atomic mass is 19.5. The SMILES string of the molecule is Cc1cc(C)c2c(c1)c1cc(C)cc(C)c1[o+]2-c1ccc(C=O)cc1.F[B-](F)(F)F. The highest BCUT2D eigenvalue weighted by Gasteiger charge is 2.25.